The Morgan fingerprint density at radius 1 is 1.14 bits per heavy atom. The molecule has 0 aliphatic heterocycles. The number of hydrogen-bond donors (Lipinski definition) is 1. The van der Waals surface area contributed by atoms with Gasteiger partial charge < -0.3 is 4.85 Å². The van der Waals surface area contributed by atoms with Gasteiger partial charge in [0.05, 0.1) is 22.1 Å². The highest BCUT2D eigenvalue weighted by Crippen LogP contribution is 2.27. The van der Waals surface area contributed by atoms with Gasteiger partial charge in [-0.2, -0.15) is 0 Å². The van der Waals surface area contributed by atoms with E-state index in [0.717, 1.165) is 5.56 Å². The number of nitrogens with one attached hydrogen (secondary N) is 1. The van der Waals surface area contributed by atoms with E-state index in [2.05, 4.69) is 19.8 Å². The first kappa shape index (κ1) is 17.9. The van der Waals surface area contributed by atoms with Crippen LogP contribution < -0.4 is 11.2 Å². The maximum atomic E-state index is 12.7. The van der Waals surface area contributed by atoms with E-state index in [0.29, 0.717) is 22.2 Å². The Labute approximate surface area is 164 Å². The molecule has 3 heterocycles. The molecule has 0 aliphatic carbocycles. The van der Waals surface area contributed by atoms with Gasteiger partial charge in [-0.05, 0) is 36.4 Å². The van der Waals surface area contributed by atoms with Crippen molar-refractivity contribution < 1.29 is 0 Å². The standard InChI is InChI=1S/C20H14ClN5O2/c1-20(2,22-3)11-4-6-12(7-5-11)26-17-13(18(27)25-19(26)28)10-23-14-8-9-15(21)24-16(14)17/h4-10H,1-2H3,(H,25,27,28). The third-order valence-corrected chi connectivity index (χ3v) is 4.87. The van der Waals surface area contributed by atoms with Gasteiger partial charge in [0.2, 0.25) is 0 Å². The topological polar surface area (TPSA) is 85.0 Å². The molecule has 0 atom stereocenters. The summed E-state index contributed by atoms with van der Waals surface area (Å²) in [5.74, 6) is 0. The number of halogens is 1. The molecule has 0 fully saturated rings. The average Bonchev–Trinajstić information content (AvgIpc) is 2.68. The SMILES string of the molecule is [C-]#[N+]C(C)(C)c1ccc(-n2c(=O)[nH]c(=O)c3cnc4ccc(Cl)nc4c32)cc1. The molecule has 0 amide bonds. The Morgan fingerprint density at radius 2 is 1.86 bits per heavy atom. The summed E-state index contributed by atoms with van der Waals surface area (Å²) >= 11 is 6.04. The highest BCUT2D eigenvalue weighted by molar-refractivity contribution is 6.30. The van der Waals surface area contributed by atoms with Gasteiger partial charge in [0.25, 0.3) is 11.1 Å². The molecule has 28 heavy (non-hydrogen) atoms. The molecule has 1 aromatic carbocycles. The van der Waals surface area contributed by atoms with Crippen molar-refractivity contribution in [3.05, 3.63) is 85.6 Å². The summed E-state index contributed by atoms with van der Waals surface area (Å²) in [7, 11) is 0. The number of fused-ring (bicyclic) bond motifs is 3. The molecule has 4 aromatic rings. The Bertz CT molecular complexity index is 1400. The van der Waals surface area contributed by atoms with Gasteiger partial charge in [-0.3, -0.25) is 19.3 Å². The minimum absolute atomic E-state index is 0.229. The maximum absolute atomic E-state index is 12.7. The van der Waals surface area contributed by atoms with Gasteiger partial charge >= 0.3 is 5.69 Å². The van der Waals surface area contributed by atoms with Crippen LogP contribution in [0.2, 0.25) is 5.15 Å². The molecule has 0 bridgehead atoms. The fraction of sp³-hybridized carbons (Fsp3) is 0.150. The average molecular weight is 392 g/mol. The van der Waals surface area contributed by atoms with Gasteiger partial charge in [0.15, 0.2) is 0 Å². The van der Waals surface area contributed by atoms with Gasteiger partial charge in [0, 0.05) is 25.6 Å². The number of aromatic nitrogens is 4. The Balaban J connectivity index is 2.10. The molecule has 0 aliphatic rings. The summed E-state index contributed by atoms with van der Waals surface area (Å²) < 4.78 is 1.37. The second-order valence-corrected chi connectivity index (χ2v) is 7.22. The summed E-state index contributed by atoms with van der Waals surface area (Å²) in [5.41, 5.74) is 0.744. The molecule has 3 aromatic heterocycles. The fourth-order valence-electron chi connectivity index (χ4n) is 3.07. The van der Waals surface area contributed by atoms with Crippen LogP contribution in [0.3, 0.4) is 0 Å². The van der Waals surface area contributed by atoms with Crippen LogP contribution >= 0.6 is 11.6 Å². The number of benzene rings is 1. The van der Waals surface area contributed by atoms with Crippen LogP contribution in [0.5, 0.6) is 0 Å². The molecule has 0 radical (unpaired) electrons. The molecular weight excluding hydrogens is 378 g/mol. The number of H-pyrrole nitrogens is 1. The maximum Gasteiger partial charge on any atom is 0.333 e. The van der Waals surface area contributed by atoms with E-state index in [1.807, 2.05) is 13.8 Å². The number of pyridine rings is 2. The Kier molecular flexibility index (Phi) is 4.02. The van der Waals surface area contributed by atoms with Gasteiger partial charge in [-0.15, -0.1) is 0 Å². The lowest BCUT2D eigenvalue weighted by Crippen LogP contribution is -2.29. The number of aromatic amines is 1. The first-order valence-electron chi connectivity index (χ1n) is 8.42. The molecule has 0 unspecified atom stereocenters. The molecule has 0 spiro atoms. The van der Waals surface area contributed by atoms with Crippen LogP contribution in [0.1, 0.15) is 19.4 Å². The third kappa shape index (κ3) is 2.75. The van der Waals surface area contributed by atoms with Crippen molar-refractivity contribution in [1.82, 2.24) is 19.5 Å². The molecule has 8 heteroatoms. The largest absolute Gasteiger partial charge is 0.333 e. The molecule has 0 saturated heterocycles. The summed E-state index contributed by atoms with van der Waals surface area (Å²) in [4.78, 5) is 39.5. The predicted molar refractivity (Wildman–Crippen MR) is 108 cm³/mol. The molecule has 138 valence electrons. The summed E-state index contributed by atoms with van der Waals surface area (Å²) in [6, 6.07) is 10.3. The Hall–Kier alpha value is -3.50. The minimum atomic E-state index is -0.678. The van der Waals surface area contributed by atoms with Crippen molar-refractivity contribution in [3.63, 3.8) is 0 Å². The normalized spacial score (nSPS) is 11.6. The van der Waals surface area contributed by atoms with E-state index in [1.165, 1.54) is 10.8 Å². The van der Waals surface area contributed by atoms with E-state index in [9.17, 15) is 9.59 Å². The van der Waals surface area contributed by atoms with Crippen LogP contribution in [0, 0.1) is 6.57 Å². The van der Waals surface area contributed by atoms with Crippen LogP contribution in [0.15, 0.2) is 52.2 Å². The second kappa shape index (κ2) is 6.29. The second-order valence-electron chi connectivity index (χ2n) is 6.83. The highest BCUT2D eigenvalue weighted by Gasteiger charge is 2.25. The smallest absolute Gasteiger partial charge is 0.306 e. The Morgan fingerprint density at radius 3 is 2.54 bits per heavy atom. The first-order chi connectivity index (χ1) is 13.3. The quantitative estimate of drug-likeness (QED) is 0.322. The van der Waals surface area contributed by atoms with Crippen molar-refractivity contribution in [1.29, 1.82) is 0 Å². The minimum Gasteiger partial charge on any atom is -0.306 e. The van der Waals surface area contributed by atoms with E-state index < -0.39 is 16.8 Å². The lowest BCUT2D eigenvalue weighted by atomic mass is 9.95. The zero-order valence-corrected chi connectivity index (χ0v) is 15.8. The lowest BCUT2D eigenvalue weighted by Gasteiger charge is -2.14. The molecule has 0 saturated carbocycles. The zero-order chi connectivity index (χ0) is 20.1. The third-order valence-electron chi connectivity index (χ3n) is 4.66. The van der Waals surface area contributed by atoms with E-state index in [4.69, 9.17) is 18.2 Å². The summed E-state index contributed by atoms with van der Waals surface area (Å²) in [6.45, 7) is 11.0. The first-order valence-corrected chi connectivity index (χ1v) is 8.79. The van der Waals surface area contributed by atoms with E-state index in [1.54, 1.807) is 36.4 Å². The summed E-state index contributed by atoms with van der Waals surface area (Å²) in [5, 5.41) is 0.461. The molecule has 1 N–H and O–H groups in total. The number of rotatable bonds is 2. The van der Waals surface area contributed by atoms with Gasteiger partial charge in [-0.25, -0.2) is 16.4 Å². The van der Waals surface area contributed by atoms with Crippen LogP contribution in [-0.2, 0) is 5.54 Å². The van der Waals surface area contributed by atoms with Crippen LogP contribution in [-0.4, -0.2) is 19.5 Å². The van der Waals surface area contributed by atoms with Crippen molar-refractivity contribution in [3.8, 4) is 5.69 Å². The highest BCUT2D eigenvalue weighted by atomic mass is 35.5. The van der Waals surface area contributed by atoms with Crippen molar-refractivity contribution in [2.45, 2.75) is 19.4 Å². The van der Waals surface area contributed by atoms with Crippen molar-refractivity contribution >= 4 is 33.5 Å². The number of nitrogens with zero attached hydrogens (tertiary/aromatic N) is 4. The van der Waals surface area contributed by atoms with Crippen LogP contribution in [0.25, 0.3) is 32.5 Å². The van der Waals surface area contributed by atoms with Crippen LogP contribution in [0.4, 0.5) is 0 Å². The summed E-state index contributed by atoms with van der Waals surface area (Å²) in [6.07, 6.45) is 1.42. The molecular formula is C20H14ClN5O2. The van der Waals surface area contributed by atoms with E-state index in [-0.39, 0.29) is 10.5 Å². The fourth-order valence-corrected chi connectivity index (χ4v) is 3.22. The number of hydrogen-bond acceptors (Lipinski definition) is 4. The predicted octanol–water partition coefficient (Wildman–Crippen LogP) is 3.43. The molecule has 7 nitrogen and oxygen atoms in total. The van der Waals surface area contributed by atoms with Gasteiger partial charge in [-0.1, -0.05) is 11.6 Å². The van der Waals surface area contributed by atoms with Gasteiger partial charge in [0.1, 0.15) is 10.7 Å². The van der Waals surface area contributed by atoms with Crippen molar-refractivity contribution in [2.75, 3.05) is 0 Å². The zero-order valence-electron chi connectivity index (χ0n) is 15.0. The monoisotopic (exact) mass is 391 g/mol. The molecule has 4 rings (SSSR count). The van der Waals surface area contributed by atoms with E-state index >= 15 is 0 Å². The van der Waals surface area contributed by atoms with Crippen molar-refractivity contribution in [2.24, 2.45) is 0 Å². The lowest BCUT2D eigenvalue weighted by molar-refractivity contribution is 0.663.